The number of aliphatic hydroxyl groups is 1. The predicted octanol–water partition coefficient (Wildman–Crippen LogP) is 1.03. The van der Waals surface area contributed by atoms with Crippen LogP contribution in [-0.2, 0) is 0 Å². The summed E-state index contributed by atoms with van der Waals surface area (Å²) in [6, 6.07) is -0.0310. The van der Waals surface area contributed by atoms with E-state index in [4.69, 9.17) is 10.8 Å². The quantitative estimate of drug-likeness (QED) is 0.830. The molecule has 1 aromatic heterocycles. The van der Waals surface area contributed by atoms with Crippen LogP contribution in [0.15, 0.2) is 6.20 Å². The highest BCUT2D eigenvalue weighted by molar-refractivity contribution is 5.97. The van der Waals surface area contributed by atoms with Gasteiger partial charge in [0.05, 0.1) is 18.5 Å². The molecule has 0 aromatic carbocycles. The lowest BCUT2D eigenvalue weighted by atomic mass is 10.2. The Hall–Kier alpha value is -1.69. The molecule has 3 N–H and O–H groups in total. The fraction of sp³-hybridized carbons (Fsp3) is 0.615. The topological polar surface area (TPSA) is 92.3 Å². The van der Waals surface area contributed by atoms with E-state index >= 15 is 0 Å². The number of aromatic nitrogens is 2. The molecule has 0 radical (unpaired) electrons. The van der Waals surface area contributed by atoms with Gasteiger partial charge in [0.1, 0.15) is 5.82 Å². The van der Waals surface area contributed by atoms with Gasteiger partial charge in [-0.2, -0.15) is 0 Å². The van der Waals surface area contributed by atoms with Crippen LogP contribution in [0, 0.1) is 0 Å². The Kier molecular flexibility index (Phi) is 5.23. The van der Waals surface area contributed by atoms with Crippen molar-refractivity contribution in [2.75, 3.05) is 18.9 Å². The number of aliphatic hydroxyl groups excluding tert-OH is 1. The molecule has 0 unspecified atom stereocenters. The maximum Gasteiger partial charge on any atom is 0.275 e. The van der Waals surface area contributed by atoms with Crippen LogP contribution in [0.2, 0.25) is 0 Å². The third-order valence-electron chi connectivity index (χ3n) is 2.78. The number of amides is 1. The minimum atomic E-state index is -0.272. The van der Waals surface area contributed by atoms with Crippen LogP contribution in [0.3, 0.4) is 0 Å². The number of nitrogens with zero attached hydrogens (tertiary/aromatic N) is 3. The third kappa shape index (κ3) is 3.64. The molecule has 19 heavy (non-hydrogen) atoms. The minimum absolute atomic E-state index is 0.0310. The number of anilines is 1. The first-order valence-corrected chi connectivity index (χ1v) is 6.42. The van der Waals surface area contributed by atoms with E-state index in [0.29, 0.717) is 5.82 Å². The van der Waals surface area contributed by atoms with Crippen molar-refractivity contribution in [3.63, 3.8) is 0 Å². The fourth-order valence-corrected chi connectivity index (χ4v) is 1.69. The van der Waals surface area contributed by atoms with E-state index in [1.54, 1.807) is 4.90 Å². The number of carbonyl (C=O) groups excluding carboxylic acids is 1. The maximum absolute atomic E-state index is 12.4. The number of hydrogen-bond acceptors (Lipinski definition) is 5. The van der Waals surface area contributed by atoms with E-state index in [2.05, 4.69) is 9.97 Å². The van der Waals surface area contributed by atoms with Gasteiger partial charge in [-0.3, -0.25) is 4.79 Å². The van der Waals surface area contributed by atoms with Crippen LogP contribution in [-0.4, -0.2) is 45.1 Å². The molecule has 6 heteroatoms. The number of nitrogen functional groups attached to an aromatic ring is 1. The highest BCUT2D eigenvalue weighted by Crippen LogP contribution is 2.16. The predicted molar refractivity (Wildman–Crippen MR) is 73.8 cm³/mol. The van der Waals surface area contributed by atoms with E-state index in [0.717, 1.165) is 0 Å². The first kappa shape index (κ1) is 15.4. The van der Waals surface area contributed by atoms with Gasteiger partial charge in [-0.05, 0) is 13.8 Å². The molecule has 1 amide bonds. The Labute approximate surface area is 113 Å². The molecule has 0 aliphatic rings. The second-order valence-corrected chi connectivity index (χ2v) is 5.00. The minimum Gasteiger partial charge on any atom is -0.396 e. The van der Waals surface area contributed by atoms with E-state index in [1.807, 2.05) is 27.7 Å². The lowest BCUT2D eigenvalue weighted by molar-refractivity contribution is 0.0660. The Morgan fingerprint density at radius 1 is 1.42 bits per heavy atom. The van der Waals surface area contributed by atoms with Gasteiger partial charge >= 0.3 is 0 Å². The summed E-state index contributed by atoms with van der Waals surface area (Å²) in [7, 11) is 0. The second-order valence-electron chi connectivity index (χ2n) is 5.00. The van der Waals surface area contributed by atoms with Gasteiger partial charge in [-0.25, -0.2) is 9.97 Å². The first-order chi connectivity index (χ1) is 8.88. The average molecular weight is 266 g/mol. The molecule has 0 spiro atoms. The van der Waals surface area contributed by atoms with Gasteiger partial charge in [0.2, 0.25) is 0 Å². The van der Waals surface area contributed by atoms with Crippen molar-refractivity contribution in [3.05, 3.63) is 17.7 Å². The van der Waals surface area contributed by atoms with Crippen molar-refractivity contribution >= 4 is 11.6 Å². The molecular formula is C13H22N4O2. The number of rotatable bonds is 5. The second kappa shape index (κ2) is 6.47. The molecule has 0 aliphatic heterocycles. The third-order valence-corrected chi connectivity index (χ3v) is 2.78. The van der Waals surface area contributed by atoms with Gasteiger partial charge in [-0.1, -0.05) is 13.8 Å². The largest absolute Gasteiger partial charge is 0.396 e. The zero-order valence-electron chi connectivity index (χ0n) is 11.9. The van der Waals surface area contributed by atoms with E-state index in [-0.39, 0.29) is 42.4 Å². The Balaban J connectivity index is 3.12. The van der Waals surface area contributed by atoms with Crippen LogP contribution in [0.1, 0.15) is 49.9 Å². The first-order valence-electron chi connectivity index (χ1n) is 6.42. The van der Waals surface area contributed by atoms with Gasteiger partial charge in [-0.15, -0.1) is 0 Å². The summed E-state index contributed by atoms with van der Waals surface area (Å²) in [5.74, 6) is 0.439. The molecule has 0 fully saturated rings. The van der Waals surface area contributed by atoms with Crippen LogP contribution in [0.5, 0.6) is 0 Å². The normalized spacial score (nSPS) is 11.1. The standard InChI is InChI=1S/C13H22N4O2/c1-8(2)12-15-7-10(14)11(16-12)13(19)17(5-6-18)9(3)4/h7-9,18H,5-6,14H2,1-4H3. The summed E-state index contributed by atoms with van der Waals surface area (Å²) in [6.07, 6.45) is 1.47. The van der Waals surface area contributed by atoms with E-state index in [1.165, 1.54) is 6.20 Å². The molecule has 0 bridgehead atoms. The summed E-state index contributed by atoms with van der Waals surface area (Å²) in [5.41, 5.74) is 6.26. The van der Waals surface area contributed by atoms with Gasteiger partial charge < -0.3 is 15.7 Å². The van der Waals surface area contributed by atoms with Crippen LogP contribution in [0.4, 0.5) is 5.69 Å². The molecule has 0 saturated carbocycles. The average Bonchev–Trinajstić information content (AvgIpc) is 2.35. The summed E-state index contributed by atoms with van der Waals surface area (Å²) in [4.78, 5) is 22.3. The number of hydrogen-bond donors (Lipinski definition) is 2. The molecule has 1 rings (SSSR count). The molecule has 0 aliphatic carbocycles. The van der Waals surface area contributed by atoms with Crippen LogP contribution < -0.4 is 5.73 Å². The van der Waals surface area contributed by atoms with Gasteiger partial charge in [0.15, 0.2) is 5.69 Å². The smallest absolute Gasteiger partial charge is 0.275 e. The van der Waals surface area contributed by atoms with Crippen molar-refractivity contribution < 1.29 is 9.90 Å². The van der Waals surface area contributed by atoms with Gasteiger partial charge in [0, 0.05) is 18.5 Å². The SMILES string of the molecule is CC(C)c1ncc(N)c(C(=O)N(CCO)C(C)C)n1. The van der Waals surface area contributed by atoms with Crippen molar-refractivity contribution in [2.24, 2.45) is 0 Å². The van der Waals surface area contributed by atoms with Crippen molar-refractivity contribution in [1.82, 2.24) is 14.9 Å². The van der Waals surface area contributed by atoms with E-state index in [9.17, 15) is 4.79 Å². The van der Waals surface area contributed by atoms with Gasteiger partial charge in [0.25, 0.3) is 5.91 Å². The molecule has 6 nitrogen and oxygen atoms in total. The lowest BCUT2D eigenvalue weighted by Crippen LogP contribution is -2.40. The number of nitrogens with two attached hydrogens (primary N) is 1. The highest BCUT2D eigenvalue weighted by atomic mass is 16.3. The summed E-state index contributed by atoms with van der Waals surface area (Å²) in [5, 5.41) is 9.04. The molecule has 106 valence electrons. The summed E-state index contributed by atoms with van der Waals surface area (Å²) < 4.78 is 0. The fourth-order valence-electron chi connectivity index (χ4n) is 1.69. The van der Waals surface area contributed by atoms with Crippen LogP contribution >= 0.6 is 0 Å². The Morgan fingerprint density at radius 3 is 2.53 bits per heavy atom. The zero-order valence-corrected chi connectivity index (χ0v) is 11.9. The van der Waals surface area contributed by atoms with Crippen LogP contribution in [0.25, 0.3) is 0 Å². The summed E-state index contributed by atoms with van der Waals surface area (Å²) in [6.45, 7) is 7.84. The number of carbonyl (C=O) groups is 1. The summed E-state index contributed by atoms with van der Waals surface area (Å²) >= 11 is 0. The molecule has 0 saturated heterocycles. The van der Waals surface area contributed by atoms with E-state index < -0.39 is 0 Å². The molecule has 1 aromatic rings. The Morgan fingerprint density at radius 2 is 2.05 bits per heavy atom. The van der Waals surface area contributed by atoms with Crippen molar-refractivity contribution in [1.29, 1.82) is 0 Å². The molecule has 1 heterocycles. The lowest BCUT2D eigenvalue weighted by Gasteiger charge is -2.26. The van der Waals surface area contributed by atoms with Crippen molar-refractivity contribution in [2.45, 2.75) is 39.7 Å². The maximum atomic E-state index is 12.4. The zero-order chi connectivity index (χ0) is 14.6. The Bertz CT molecular complexity index is 446. The molecular weight excluding hydrogens is 244 g/mol. The monoisotopic (exact) mass is 266 g/mol. The molecule has 0 atom stereocenters. The highest BCUT2D eigenvalue weighted by Gasteiger charge is 2.22. The van der Waals surface area contributed by atoms with Crippen molar-refractivity contribution in [3.8, 4) is 0 Å².